The van der Waals surface area contributed by atoms with Crippen LogP contribution >= 0.6 is 23.2 Å². The van der Waals surface area contributed by atoms with E-state index in [9.17, 15) is 9.18 Å². The SMILES string of the molecule is Cc1c(CC(N)=O)nn(-c2ccc(Cl)cc2Cl)c1-c1ccc(OCCCF)cc1. The smallest absolute Gasteiger partial charge is 0.223 e. The zero-order chi connectivity index (χ0) is 21.0. The van der Waals surface area contributed by atoms with Gasteiger partial charge >= 0.3 is 0 Å². The van der Waals surface area contributed by atoms with E-state index in [0.717, 1.165) is 16.8 Å². The standard InChI is InChI=1S/C21H20Cl2FN3O2/c1-13-18(12-20(25)28)26-27(19-8-5-15(22)11-17(19)23)21(13)14-3-6-16(7-4-14)29-10-2-9-24/h3-8,11H,2,9-10,12H2,1H3,(H2,25,28). The van der Waals surface area contributed by atoms with Gasteiger partial charge < -0.3 is 10.5 Å². The summed E-state index contributed by atoms with van der Waals surface area (Å²) in [5.74, 6) is 0.177. The number of aromatic nitrogens is 2. The van der Waals surface area contributed by atoms with Gasteiger partial charge in [0.25, 0.3) is 0 Å². The van der Waals surface area contributed by atoms with Gasteiger partial charge in [0.15, 0.2) is 0 Å². The molecule has 1 amide bonds. The van der Waals surface area contributed by atoms with Crippen LogP contribution in [0.2, 0.25) is 10.0 Å². The Labute approximate surface area is 178 Å². The molecule has 3 rings (SSSR count). The average Bonchev–Trinajstić information content (AvgIpc) is 2.98. The number of hydrogen-bond donors (Lipinski definition) is 1. The number of hydrogen-bond acceptors (Lipinski definition) is 3. The zero-order valence-corrected chi connectivity index (χ0v) is 17.3. The summed E-state index contributed by atoms with van der Waals surface area (Å²) in [5.41, 5.74) is 9.04. The number of benzene rings is 2. The first kappa shape index (κ1) is 21.1. The van der Waals surface area contributed by atoms with Crippen LogP contribution in [0.15, 0.2) is 42.5 Å². The minimum Gasteiger partial charge on any atom is -0.493 e. The van der Waals surface area contributed by atoms with Crippen molar-refractivity contribution in [2.24, 2.45) is 5.73 Å². The fraction of sp³-hybridized carbons (Fsp3) is 0.238. The molecule has 1 aromatic heterocycles. The Kier molecular flexibility index (Phi) is 6.77. The van der Waals surface area contributed by atoms with E-state index in [1.807, 2.05) is 31.2 Å². The van der Waals surface area contributed by atoms with Crippen molar-refractivity contribution >= 4 is 29.1 Å². The van der Waals surface area contributed by atoms with Crippen molar-refractivity contribution in [3.8, 4) is 22.7 Å². The molecule has 0 atom stereocenters. The summed E-state index contributed by atoms with van der Waals surface area (Å²) < 4.78 is 19.4. The van der Waals surface area contributed by atoms with Crippen molar-refractivity contribution in [2.45, 2.75) is 19.8 Å². The average molecular weight is 436 g/mol. The molecule has 0 fully saturated rings. The third-order valence-corrected chi connectivity index (χ3v) is 4.91. The van der Waals surface area contributed by atoms with Gasteiger partial charge in [-0.3, -0.25) is 9.18 Å². The first-order chi connectivity index (χ1) is 13.9. The number of nitrogens with two attached hydrogens (primary N) is 1. The van der Waals surface area contributed by atoms with Crippen LogP contribution in [-0.2, 0) is 11.2 Å². The maximum atomic E-state index is 12.2. The first-order valence-electron chi connectivity index (χ1n) is 9.02. The second kappa shape index (κ2) is 9.29. The highest BCUT2D eigenvalue weighted by molar-refractivity contribution is 6.35. The summed E-state index contributed by atoms with van der Waals surface area (Å²) in [5, 5.41) is 5.52. The molecular weight excluding hydrogens is 416 g/mol. The number of primary amides is 1. The number of rotatable bonds is 8. The maximum Gasteiger partial charge on any atom is 0.223 e. The minimum absolute atomic E-state index is 0.0153. The Hall–Kier alpha value is -2.57. The lowest BCUT2D eigenvalue weighted by Gasteiger charge is -2.12. The number of amides is 1. The molecule has 3 aromatic rings. The summed E-state index contributed by atoms with van der Waals surface area (Å²) in [6, 6.07) is 12.5. The minimum atomic E-state index is -0.469. The monoisotopic (exact) mass is 435 g/mol. The number of halogens is 3. The predicted octanol–water partition coefficient (Wildman–Crippen LogP) is 4.92. The summed E-state index contributed by atoms with van der Waals surface area (Å²) in [4.78, 5) is 11.5. The molecule has 0 aliphatic rings. The lowest BCUT2D eigenvalue weighted by Crippen LogP contribution is -2.14. The molecular formula is C21H20Cl2FN3O2. The number of carbonyl (C=O) groups is 1. The number of carbonyl (C=O) groups excluding carboxylic acids is 1. The van der Waals surface area contributed by atoms with Crippen LogP contribution < -0.4 is 10.5 Å². The number of alkyl halides is 1. The van der Waals surface area contributed by atoms with Crippen molar-refractivity contribution in [1.29, 1.82) is 0 Å². The number of nitrogens with zero attached hydrogens (tertiary/aromatic N) is 2. The Bertz CT molecular complexity index is 1020. The molecule has 0 saturated carbocycles. The van der Waals surface area contributed by atoms with Crippen LogP contribution in [0.1, 0.15) is 17.7 Å². The molecule has 2 aromatic carbocycles. The molecule has 8 heteroatoms. The maximum absolute atomic E-state index is 12.2. The van der Waals surface area contributed by atoms with Gasteiger partial charge in [0.2, 0.25) is 5.91 Å². The summed E-state index contributed by atoms with van der Waals surface area (Å²) >= 11 is 12.4. The lowest BCUT2D eigenvalue weighted by molar-refractivity contribution is -0.117. The van der Waals surface area contributed by atoms with Gasteiger partial charge in [-0.15, -0.1) is 0 Å². The van der Waals surface area contributed by atoms with E-state index in [1.54, 1.807) is 22.9 Å². The van der Waals surface area contributed by atoms with Crippen LogP contribution in [0.3, 0.4) is 0 Å². The molecule has 0 spiro atoms. The van der Waals surface area contributed by atoms with Crippen LogP contribution in [0.25, 0.3) is 16.9 Å². The Morgan fingerprint density at radius 2 is 1.93 bits per heavy atom. The van der Waals surface area contributed by atoms with Crippen LogP contribution in [0.5, 0.6) is 5.75 Å². The second-order valence-electron chi connectivity index (χ2n) is 6.49. The van der Waals surface area contributed by atoms with Gasteiger partial charge in [0.05, 0.1) is 41.8 Å². The van der Waals surface area contributed by atoms with Gasteiger partial charge in [-0.25, -0.2) is 4.68 Å². The normalized spacial score (nSPS) is 10.9. The topological polar surface area (TPSA) is 70.1 Å². The van der Waals surface area contributed by atoms with E-state index < -0.39 is 12.6 Å². The third-order valence-electron chi connectivity index (χ3n) is 4.37. The van der Waals surface area contributed by atoms with Gasteiger partial charge in [0.1, 0.15) is 5.75 Å². The molecule has 0 radical (unpaired) electrons. The van der Waals surface area contributed by atoms with Gasteiger partial charge in [-0.1, -0.05) is 23.2 Å². The van der Waals surface area contributed by atoms with E-state index in [1.165, 1.54) is 0 Å². The molecule has 0 unspecified atom stereocenters. The van der Waals surface area contributed by atoms with Crippen molar-refractivity contribution < 1.29 is 13.9 Å². The van der Waals surface area contributed by atoms with Crippen LogP contribution in [0.4, 0.5) is 4.39 Å². The first-order valence-corrected chi connectivity index (χ1v) is 9.77. The highest BCUT2D eigenvalue weighted by Crippen LogP contribution is 2.33. The lowest BCUT2D eigenvalue weighted by atomic mass is 10.0. The third kappa shape index (κ3) is 4.89. The summed E-state index contributed by atoms with van der Waals surface area (Å²) in [7, 11) is 0. The summed E-state index contributed by atoms with van der Waals surface area (Å²) in [6.07, 6.45) is 0.362. The fourth-order valence-electron chi connectivity index (χ4n) is 2.99. The second-order valence-corrected chi connectivity index (χ2v) is 7.33. The van der Waals surface area contributed by atoms with Gasteiger partial charge in [-0.2, -0.15) is 5.10 Å². The van der Waals surface area contributed by atoms with Gasteiger partial charge in [-0.05, 0) is 55.0 Å². The van der Waals surface area contributed by atoms with Crippen LogP contribution in [-0.4, -0.2) is 29.0 Å². The Morgan fingerprint density at radius 1 is 1.21 bits per heavy atom. The van der Waals surface area contributed by atoms with E-state index in [0.29, 0.717) is 40.2 Å². The Balaban J connectivity index is 2.06. The quantitative estimate of drug-likeness (QED) is 0.510. The van der Waals surface area contributed by atoms with Crippen molar-refractivity contribution in [1.82, 2.24) is 9.78 Å². The van der Waals surface area contributed by atoms with E-state index in [2.05, 4.69) is 5.10 Å². The molecule has 5 nitrogen and oxygen atoms in total. The molecule has 152 valence electrons. The number of ether oxygens (including phenoxy) is 1. The molecule has 0 bridgehead atoms. The molecule has 0 saturated heterocycles. The van der Waals surface area contributed by atoms with Crippen LogP contribution in [0, 0.1) is 6.92 Å². The predicted molar refractivity (Wildman–Crippen MR) is 113 cm³/mol. The van der Waals surface area contributed by atoms with Gasteiger partial charge in [0, 0.05) is 17.0 Å². The van der Waals surface area contributed by atoms with E-state index >= 15 is 0 Å². The Morgan fingerprint density at radius 3 is 2.55 bits per heavy atom. The van der Waals surface area contributed by atoms with Crippen molar-refractivity contribution in [2.75, 3.05) is 13.3 Å². The molecule has 2 N–H and O–H groups in total. The zero-order valence-electron chi connectivity index (χ0n) is 15.8. The van der Waals surface area contributed by atoms with Crippen molar-refractivity contribution in [3.05, 3.63) is 63.8 Å². The van der Waals surface area contributed by atoms with Crippen molar-refractivity contribution in [3.63, 3.8) is 0 Å². The van der Waals surface area contributed by atoms with E-state index in [-0.39, 0.29) is 6.42 Å². The largest absolute Gasteiger partial charge is 0.493 e. The molecule has 0 aliphatic heterocycles. The molecule has 0 aliphatic carbocycles. The molecule has 1 heterocycles. The van der Waals surface area contributed by atoms with E-state index in [4.69, 9.17) is 33.7 Å². The molecule has 29 heavy (non-hydrogen) atoms. The summed E-state index contributed by atoms with van der Waals surface area (Å²) in [6.45, 7) is 1.78. The fourth-order valence-corrected chi connectivity index (χ4v) is 3.48. The highest BCUT2D eigenvalue weighted by atomic mass is 35.5. The highest BCUT2D eigenvalue weighted by Gasteiger charge is 2.20.